The summed E-state index contributed by atoms with van der Waals surface area (Å²) < 4.78 is 45.2. The predicted molar refractivity (Wildman–Crippen MR) is 183 cm³/mol. The monoisotopic (exact) mass is 713 g/mol. The van der Waals surface area contributed by atoms with E-state index in [4.69, 9.17) is 11.6 Å². The molecule has 0 aliphatic carbocycles. The SMILES string of the molecule is CC(=O)c1cn(CC(=O)N2CC(=C(F)F)C[C@H]2C(=O)Nc2cccc(-c3ccc4c(c3Cl)CNC4=O)c2F)c2ccc(Nc3cncnc3)cc12. The van der Waals surface area contributed by atoms with E-state index in [9.17, 15) is 28.0 Å². The lowest BCUT2D eigenvalue weighted by Gasteiger charge is -2.24. The first-order valence-electron chi connectivity index (χ1n) is 15.7. The number of carbonyl (C=O) groups is 4. The number of rotatable bonds is 8. The molecule has 3 aromatic carbocycles. The van der Waals surface area contributed by atoms with Gasteiger partial charge in [-0.1, -0.05) is 29.8 Å². The summed E-state index contributed by atoms with van der Waals surface area (Å²) in [6, 6.07) is 11.1. The third-order valence-electron chi connectivity index (χ3n) is 8.94. The smallest absolute Gasteiger partial charge is 0.271 e. The first kappa shape index (κ1) is 33.5. The number of hydrogen-bond acceptors (Lipinski definition) is 7. The van der Waals surface area contributed by atoms with Crippen molar-refractivity contribution in [3.8, 4) is 11.1 Å². The van der Waals surface area contributed by atoms with E-state index in [0.29, 0.717) is 44.5 Å². The van der Waals surface area contributed by atoms with Crippen LogP contribution in [0.25, 0.3) is 22.0 Å². The van der Waals surface area contributed by atoms with Crippen LogP contribution in [0, 0.1) is 5.82 Å². The maximum atomic E-state index is 15.9. The molecule has 2 aliphatic rings. The summed E-state index contributed by atoms with van der Waals surface area (Å²) in [5.74, 6) is -2.92. The summed E-state index contributed by atoms with van der Waals surface area (Å²) in [5, 5.41) is 9.02. The molecular formula is C36H27ClF3N7O4. The third-order valence-corrected chi connectivity index (χ3v) is 9.37. The zero-order valence-corrected chi connectivity index (χ0v) is 27.5. The number of nitrogens with zero attached hydrogens (tertiary/aromatic N) is 4. The van der Waals surface area contributed by atoms with Crippen molar-refractivity contribution in [3.63, 3.8) is 0 Å². The number of halogens is 4. The molecule has 11 nitrogen and oxygen atoms in total. The van der Waals surface area contributed by atoms with Crippen LogP contribution in [0.5, 0.6) is 0 Å². The molecule has 0 spiro atoms. The van der Waals surface area contributed by atoms with Gasteiger partial charge in [-0.15, -0.1) is 0 Å². The van der Waals surface area contributed by atoms with Crippen LogP contribution in [-0.2, 0) is 22.7 Å². The molecule has 51 heavy (non-hydrogen) atoms. The number of anilines is 3. The minimum atomic E-state index is -2.01. The number of ketones is 1. The van der Waals surface area contributed by atoms with E-state index in [2.05, 4.69) is 25.9 Å². The van der Waals surface area contributed by atoms with Crippen LogP contribution >= 0.6 is 11.6 Å². The lowest BCUT2D eigenvalue weighted by atomic mass is 9.99. The van der Waals surface area contributed by atoms with Gasteiger partial charge >= 0.3 is 0 Å². The lowest BCUT2D eigenvalue weighted by molar-refractivity contribution is -0.137. The summed E-state index contributed by atoms with van der Waals surface area (Å²) >= 11 is 6.55. The second-order valence-corrected chi connectivity index (χ2v) is 12.5. The lowest BCUT2D eigenvalue weighted by Crippen LogP contribution is -2.44. The number of carbonyl (C=O) groups excluding carboxylic acids is 4. The van der Waals surface area contributed by atoms with Crippen LogP contribution < -0.4 is 16.0 Å². The Balaban J connectivity index is 1.14. The Morgan fingerprint density at radius 3 is 2.53 bits per heavy atom. The Labute approximate surface area is 293 Å². The first-order chi connectivity index (χ1) is 24.5. The van der Waals surface area contributed by atoms with E-state index in [-0.39, 0.29) is 41.1 Å². The van der Waals surface area contributed by atoms with Gasteiger partial charge in [-0.3, -0.25) is 19.2 Å². The number of aromatic nitrogens is 3. The molecule has 4 heterocycles. The van der Waals surface area contributed by atoms with Crippen molar-refractivity contribution in [2.75, 3.05) is 17.2 Å². The molecule has 2 aromatic heterocycles. The summed E-state index contributed by atoms with van der Waals surface area (Å²) in [6.07, 6.45) is 3.59. The molecular weight excluding hydrogens is 687 g/mol. The molecule has 15 heteroatoms. The van der Waals surface area contributed by atoms with Crippen LogP contribution in [0.1, 0.15) is 39.6 Å². The second kappa shape index (κ2) is 13.4. The second-order valence-electron chi connectivity index (χ2n) is 12.1. The fourth-order valence-electron chi connectivity index (χ4n) is 6.44. The molecule has 0 radical (unpaired) electrons. The Morgan fingerprint density at radius 2 is 1.78 bits per heavy atom. The Bertz CT molecular complexity index is 2310. The fraction of sp³-hybridized carbons (Fsp3) is 0.167. The van der Waals surface area contributed by atoms with Gasteiger partial charge < -0.3 is 25.4 Å². The highest BCUT2D eigenvalue weighted by molar-refractivity contribution is 6.35. The van der Waals surface area contributed by atoms with Crippen LogP contribution in [0.4, 0.5) is 30.2 Å². The highest BCUT2D eigenvalue weighted by Gasteiger charge is 2.39. The Hall–Kier alpha value is -6.02. The fourth-order valence-corrected chi connectivity index (χ4v) is 6.77. The van der Waals surface area contributed by atoms with Gasteiger partial charge in [0.05, 0.1) is 28.8 Å². The van der Waals surface area contributed by atoms with E-state index in [1.165, 1.54) is 54.3 Å². The first-order valence-corrected chi connectivity index (χ1v) is 16.1. The number of nitrogens with one attached hydrogen (secondary N) is 3. The van der Waals surface area contributed by atoms with Gasteiger partial charge in [-0.2, -0.15) is 8.78 Å². The number of likely N-dealkylation sites (tertiary alicyclic amines) is 1. The molecule has 0 bridgehead atoms. The van der Waals surface area contributed by atoms with Gasteiger partial charge in [0.25, 0.3) is 12.0 Å². The average Bonchev–Trinajstić information content (AvgIpc) is 3.83. The van der Waals surface area contributed by atoms with E-state index in [1.54, 1.807) is 30.6 Å². The van der Waals surface area contributed by atoms with E-state index in [1.807, 2.05) is 0 Å². The predicted octanol–water partition coefficient (Wildman–Crippen LogP) is 6.47. The van der Waals surface area contributed by atoms with Gasteiger partial charge in [-0.25, -0.2) is 14.4 Å². The number of amides is 3. The molecule has 1 fully saturated rings. The largest absolute Gasteiger partial charge is 0.353 e. The summed E-state index contributed by atoms with van der Waals surface area (Å²) in [4.78, 5) is 61.0. The van der Waals surface area contributed by atoms with Crippen LogP contribution in [0.2, 0.25) is 5.02 Å². The van der Waals surface area contributed by atoms with Crippen molar-refractivity contribution in [1.29, 1.82) is 0 Å². The third kappa shape index (κ3) is 6.29. The summed E-state index contributed by atoms with van der Waals surface area (Å²) in [7, 11) is 0. The van der Waals surface area contributed by atoms with Crippen molar-refractivity contribution < 1.29 is 32.3 Å². The molecule has 258 valence electrons. The number of fused-ring (bicyclic) bond motifs is 2. The minimum Gasteiger partial charge on any atom is -0.353 e. The van der Waals surface area contributed by atoms with E-state index < -0.39 is 48.3 Å². The van der Waals surface area contributed by atoms with Crippen molar-refractivity contribution in [1.82, 2.24) is 24.8 Å². The quantitative estimate of drug-likeness (QED) is 0.157. The van der Waals surface area contributed by atoms with E-state index in [0.717, 1.165) is 4.90 Å². The van der Waals surface area contributed by atoms with Gasteiger partial charge in [0.15, 0.2) is 11.6 Å². The average molecular weight is 714 g/mol. The van der Waals surface area contributed by atoms with Crippen molar-refractivity contribution >= 4 is 63.1 Å². The summed E-state index contributed by atoms with van der Waals surface area (Å²) in [6.45, 7) is 0.693. The van der Waals surface area contributed by atoms with Crippen LogP contribution in [0.3, 0.4) is 0 Å². The highest BCUT2D eigenvalue weighted by Crippen LogP contribution is 2.38. The molecule has 3 amide bonds. The molecule has 0 saturated carbocycles. The Kier molecular flexibility index (Phi) is 8.77. The van der Waals surface area contributed by atoms with Crippen LogP contribution in [-0.4, -0.2) is 55.5 Å². The van der Waals surface area contributed by atoms with Gasteiger partial charge in [0, 0.05) is 75.7 Å². The van der Waals surface area contributed by atoms with Crippen molar-refractivity contribution in [2.45, 2.75) is 32.5 Å². The number of Topliss-reactive ketones (excluding diaryl/α,β-unsaturated/α-hetero) is 1. The van der Waals surface area contributed by atoms with E-state index >= 15 is 4.39 Å². The maximum absolute atomic E-state index is 15.9. The zero-order valence-electron chi connectivity index (χ0n) is 26.8. The van der Waals surface area contributed by atoms with Gasteiger partial charge in [0.2, 0.25) is 11.8 Å². The maximum Gasteiger partial charge on any atom is 0.271 e. The zero-order chi connectivity index (χ0) is 36.0. The molecule has 0 unspecified atom stereocenters. The van der Waals surface area contributed by atoms with Gasteiger partial charge in [0.1, 0.15) is 18.9 Å². The van der Waals surface area contributed by atoms with Crippen molar-refractivity contribution in [2.24, 2.45) is 0 Å². The van der Waals surface area contributed by atoms with Crippen molar-refractivity contribution in [3.05, 3.63) is 113 Å². The minimum absolute atomic E-state index is 0.0471. The topological polar surface area (TPSA) is 138 Å². The molecule has 5 aromatic rings. The van der Waals surface area contributed by atoms with Crippen LogP contribution in [0.15, 0.2) is 85.1 Å². The Morgan fingerprint density at radius 1 is 1.02 bits per heavy atom. The molecule has 3 N–H and O–H groups in total. The standard InChI is InChI=1S/C36H27ClF3N7O4/c1-18(48)27-15-46(29-8-5-20(10-25(27)29)44-21-11-41-17-42-12-21)16-31(49)47-14-19(34(39)40)9-30(47)36(51)45-28-4-2-3-23(33(28)38)22-6-7-24-26(32(22)37)13-43-35(24)50/h2-8,10-12,15,17,30,44H,9,13-14,16H2,1H3,(H,43,50)(H,45,51)/t30-/m0/s1. The molecule has 7 rings (SSSR count). The molecule has 2 aliphatic heterocycles. The normalized spacial score (nSPS) is 15.2. The number of hydrogen-bond donors (Lipinski definition) is 3. The number of benzene rings is 3. The van der Waals surface area contributed by atoms with Gasteiger partial charge in [-0.05, 0) is 37.3 Å². The highest BCUT2D eigenvalue weighted by atomic mass is 35.5. The molecule has 1 saturated heterocycles. The summed E-state index contributed by atoms with van der Waals surface area (Å²) in [5.41, 5.74) is 2.71. The molecule has 1 atom stereocenters.